The van der Waals surface area contributed by atoms with Crippen molar-refractivity contribution in [1.82, 2.24) is 4.90 Å². The predicted octanol–water partition coefficient (Wildman–Crippen LogP) is 0.981. The van der Waals surface area contributed by atoms with Crippen LogP contribution in [0.25, 0.3) is 0 Å². The molecule has 0 heterocycles. The average Bonchev–Trinajstić information content (AvgIpc) is 2.22. The molecule has 0 aliphatic carbocycles. The van der Waals surface area contributed by atoms with Crippen molar-refractivity contribution in [2.24, 2.45) is 11.7 Å². The predicted molar refractivity (Wildman–Crippen MR) is 66.0 cm³/mol. The molecule has 3 N–H and O–H groups in total. The molecule has 0 radical (unpaired) electrons. The van der Waals surface area contributed by atoms with Crippen molar-refractivity contribution in [2.75, 3.05) is 20.2 Å². The lowest BCUT2D eigenvalue weighted by atomic mass is 10.0. The van der Waals surface area contributed by atoms with Crippen LogP contribution in [0, 0.1) is 5.92 Å². The third-order valence-electron chi connectivity index (χ3n) is 2.57. The highest BCUT2D eigenvalue weighted by molar-refractivity contribution is 5.81. The zero-order chi connectivity index (χ0) is 12.6. The van der Waals surface area contributed by atoms with E-state index in [1.54, 1.807) is 11.9 Å². The maximum Gasteiger partial charge on any atom is 0.239 e. The molecule has 0 saturated heterocycles. The normalized spacial score (nSPS) is 12.9. The molecule has 0 aromatic heterocycles. The monoisotopic (exact) mass is 230 g/mol. The van der Waals surface area contributed by atoms with Crippen molar-refractivity contribution in [3.05, 3.63) is 0 Å². The lowest BCUT2D eigenvalue weighted by Gasteiger charge is -2.22. The fourth-order valence-corrected chi connectivity index (χ4v) is 1.64. The first-order valence-corrected chi connectivity index (χ1v) is 6.10. The van der Waals surface area contributed by atoms with Crippen molar-refractivity contribution in [3.8, 4) is 0 Å². The van der Waals surface area contributed by atoms with Crippen LogP contribution in [-0.2, 0) is 4.79 Å². The molecule has 0 saturated carbocycles. The first-order valence-electron chi connectivity index (χ1n) is 6.10. The van der Waals surface area contributed by atoms with E-state index in [1.807, 2.05) is 0 Å². The van der Waals surface area contributed by atoms with Crippen LogP contribution in [0.3, 0.4) is 0 Å². The molecule has 0 fully saturated rings. The van der Waals surface area contributed by atoms with E-state index in [2.05, 4.69) is 13.8 Å². The lowest BCUT2D eigenvalue weighted by molar-refractivity contribution is -0.131. The molecule has 4 nitrogen and oxygen atoms in total. The number of likely N-dealkylation sites (N-methyl/N-ethyl adjacent to an activating group) is 1. The number of carbonyl (C=O) groups is 1. The first-order chi connectivity index (χ1) is 7.49. The molecule has 16 heavy (non-hydrogen) atoms. The summed E-state index contributed by atoms with van der Waals surface area (Å²) in [6.07, 6.45) is 3.42. The second kappa shape index (κ2) is 8.53. The topological polar surface area (TPSA) is 66.6 Å². The van der Waals surface area contributed by atoms with Gasteiger partial charge in [0.05, 0.1) is 6.04 Å². The minimum absolute atomic E-state index is 0.0256. The van der Waals surface area contributed by atoms with Crippen molar-refractivity contribution in [2.45, 2.75) is 45.6 Å². The average molecular weight is 230 g/mol. The zero-order valence-electron chi connectivity index (χ0n) is 10.8. The third-order valence-corrected chi connectivity index (χ3v) is 2.57. The van der Waals surface area contributed by atoms with Crippen LogP contribution in [0.2, 0.25) is 0 Å². The summed E-state index contributed by atoms with van der Waals surface area (Å²) in [5.41, 5.74) is 5.82. The molecule has 4 heteroatoms. The first kappa shape index (κ1) is 15.4. The number of aliphatic hydroxyl groups is 1. The van der Waals surface area contributed by atoms with E-state index >= 15 is 0 Å². The van der Waals surface area contributed by atoms with Gasteiger partial charge in [-0.2, -0.15) is 0 Å². The Labute approximate surface area is 98.8 Å². The van der Waals surface area contributed by atoms with Gasteiger partial charge in [0.15, 0.2) is 0 Å². The summed E-state index contributed by atoms with van der Waals surface area (Å²) in [4.78, 5) is 13.5. The number of hydrogen-bond acceptors (Lipinski definition) is 3. The van der Waals surface area contributed by atoms with Crippen LogP contribution >= 0.6 is 0 Å². The maximum absolute atomic E-state index is 11.8. The summed E-state index contributed by atoms with van der Waals surface area (Å²) < 4.78 is 0. The second-order valence-electron chi connectivity index (χ2n) is 4.78. The van der Waals surface area contributed by atoms with Gasteiger partial charge in [0.25, 0.3) is 0 Å². The Kier molecular flexibility index (Phi) is 8.21. The number of hydrogen-bond donors (Lipinski definition) is 2. The molecule has 0 unspecified atom stereocenters. The minimum Gasteiger partial charge on any atom is -0.396 e. The molecule has 0 aromatic carbocycles. The SMILES string of the molecule is CC(C)C[C@H](N)C(=O)N(C)CCCCCO. The molecule has 1 atom stereocenters. The van der Waals surface area contributed by atoms with Crippen molar-refractivity contribution < 1.29 is 9.90 Å². The minimum atomic E-state index is -0.372. The van der Waals surface area contributed by atoms with E-state index in [1.165, 1.54) is 0 Å². The molecule has 96 valence electrons. The number of nitrogens with two attached hydrogens (primary N) is 1. The van der Waals surface area contributed by atoms with Gasteiger partial charge in [-0.05, 0) is 31.6 Å². The molecule has 0 aliphatic rings. The summed E-state index contributed by atoms with van der Waals surface area (Å²) in [5.74, 6) is 0.472. The zero-order valence-corrected chi connectivity index (χ0v) is 10.8. The highest BCUT2D eigenvalue weighted by Crippen LogP contribution is 2.06. The van der Waals surface area contributed by atoms with Crippen LogP contribution in [0.15, 0.2) is 0 Å². The summed E-state index contributed by atoms with van der Waals surface area (Å²) in [5, 5.41) is 8.63. The van der Waals surface area contributed by atoms with E-state index in [0.29, 0.717) is 5.92 Å². The van der Waals surface area contributed by atoms with Gasteiger partial charge in [-0.1, -0.05) is 13.8 Å². The number of rotatable bonds is 8. The molecule has 1 amide bonds. The highest BCUT2D eigenvalue weighted by atomic mass is 16.2. The number of unbranched alkanes of at least 4 members (excludes halogenated alkanes) is 2. The van der Waals surface area contributed by atoms with E-state index in [0.717, 1.165) is 32.2 Å². The van der Waals surface area contributed by atoms with Gasteiger partial charge in [0.2, 0.25) is 5.91 Å². The molecular weight excluding hydrogens is 204 g/mol. The number of carbonyl (C=O) groups excluding carboxylic acids is 1. The summed E-state index contributed by atoms with van der Waals surface area (Å²) >= 11 is 0. The Bertz CT molecular complexity index is 195. The number of amides is 1. The van der Waals surface area contributed by atoms with Crippen LogP contribution in [-0.4, -0.2) is 42.2 Å². The highest BCUT2D eigenvalue weighted by Gasteiger charge is 2.18. The van der Waals surface area contributed by atoms with Crippen molar-refractivity contribution in [1.29, 1.82) is 0 Å². The van der Waals surface area contributed by atoms with Gasteiger partial charge in [-0.25, -0.2) is 0 Å². The van der Waals surface area contributed by atoms with Gasteiger partial charge in [0, 0.05) is 20.2 Å². The van der Waals surface area contributed by atoms with Crippen molar-refractivity contribution in [3.63, 3.8) is 0 Å². The Balaban J connectivity index is 3.79. The smallest absolute Gasteiger partial charge is 0.239 e. The third kappa shape index (κ3) is 6.80. The Morgan fingerprint density at radius 2 is 1.94 bits per heavy atom. The van der Waals surface area contributed by atoms with Gasteiger partial charge in [-0.15, -0.1) is 0 Å². The van der Waals surface area contributed by atoms with Crippen LogP contribution in [0.4, 0.5) is 0 Å². The van der Waals surface area contributed by atoms with E-state index in [4.69, 9.17) is 10.8 Å². The van der Waals surface area contributed by atoms with E-state index < -0.39 is 0 Å². The van der Waals surface area contributed by atoms with Gasteiger partial charge in [0.1, 0.15) is 0 Å². The van der Waals surface area contributed by atoms with E-state index in [-0.39, 0.29) is 18.6 Å². The molecular formula is C12H26N2O2. The largest absolute Gasteiger partial charge is 0.396 e. The molecule has 0 aromatic rings. The second-order valence-corrected chi connectivity index (χ2v) is 4.78. The number of nitrogens with zero attached hydrogens (tertiary/aromatic N) is 1. The molecule has 0 aliphatic heterocycles. The summed E-state index contributed by atoms with van der Waals surface area (Å²) in [7, 11) is 1.79. The fourth-order valence-electron chi connectivity index (χ4n) is 1.64. The van der Waals surface area contributed by atoms with Crippen molar-refractivity contribution >= 4 is 5.91 Å². The van der Waals surface area contributed by atoms with Gasteiger partial charge >= 0.3 is 0 Å². The summed E-state index contributed by atoms with van der Waals surface area (Å²) in [6.45, 7) is 5.08. The summed E-state index contributed by atoms with van der Waals surface area (Å²) in [6, 6.07) is -0.372. The Morgan fingerprint density at radius 1 is 1.31 bits per heavy atom. The number of aliphatic hydroxyl groups excluding tert-OH is 1. The van der Waals surface area contributed by atoms with Crippen LogP contribution in [0.5, 0.6) is 0 Å². The lowest BCUT2D eigenvalue weighted by Crippen LogP contribution is -2.42. The standard InChI is InChI=1S/C12H26N2O2/c1-10(2)9-11(13)12(16)14(3)7-5-4-6-8-15/h10-11,15H,4-9,13H2,1-3H3/t11-/m0/s1. The Hall–Kier alpha value is -0.610. The Morgan fingerprint density at radius 3 is 2.44 bits per heavy atom. The van der Waals surface area contributed by atoms with Gasteiger partial charge in [-0.3, -0.25) is 4.79 Å². The van der Waals surface area contributed by atoms with Crippen LogP contribution < -0.4 is 5.73 Å². The van der Waals surface area contributed by atoms with E-state index in [9.17, 15) is 4.79 Å². The maximum atomic E-state index is 11.8. The van der Waals surface area contributed by atoms with Gasteiger partial charge < -0.3 is 15.7 Å². The molecule has 0 rings (SSSR count). The quantitative estimate of drug-likeness (QED) is 0.611. The molecule has 0 bridgehead atoms. The van der Waals surface area contributed by atoms with Crippen LogP contribution in [0.1, 0.15) is 39.5 Å². The molecule has 0 spiro atoms. The fraction of sp³-hybridized carbons (Fsp3) is 0.917.